The van der Waals surface area contributed by atoms with Crippen LogP contribution in [0.25, 0.3) is 12.2 Å². The Morgan fingerprint density at radius 1 is 0.757 bits per heavy atom. The van der Waals surface area contributed by atoms with Crippen molar-refractivity contribution in [2.24, 2.45) is 0 Å². The van der Waals surface area contributed by atoms with Gasteiger partial charge in [-0.3, -0.25) is 0 Å². The van der Waals surface area contributed by atoms with E-state index in [9.17, 15) is 9.59 Å². The molecule has 0 saturated heterocycles. The molecular weight excluding hydrogens is 468 g/mol. The summed E-state index contributed by atoms with van der Waals surface area (Å²) in [6.07, 6.45) is 3.58. The summed E-state index contributed by atoms with van der Waals surface area (Å²) < 4.78 is 22.9. The fourth-order valence-electron chi connectivity index (χ4n) is 4.02. The molecule has 0 aliphatic carbocycles. The van der Waals surface area contributed by atoms with Crippen molar-refractivity contribution < 1.29 is 28.5 Å². The number of carbonyl (C=O) groups excluding carboxylic acids is 2. The van der Waals surface area contributed by atoms with E-state index in [-0.39, 0.29) is 24.5 Å². The molecule has 0 N–H and O–H groups in total. The topological polar surface area (TPSA) is 71.1 Å². The van der Waals surface area contributed by atoms with E-state index >= 15 is 0 Å². The molecule has 1 aliphatic heterocycles. The van der Waals surface area contributed by atoms with Crippen LogP contribution in [0.2, 0.25) is 0 Å². The Balaban J connectivity index is 1.52. The van der Waals surface area contributed by atoms with Crippen LogP contribution < -0.4 is 14.2 Å². The van der Waals surface area contributed by atoms with Gasteiger partial charge in [-0.2, -0.15) is 0 Å². The predicted molar refractivity (Wildman–Crippen MR) is 140 cm³/mol. The van der Waals surface area contributed by atoms with Gasteiger partial charge in [-0.05, 0) is 47.5 Å². The van der Waals surface area contributed by atoms with Crippen LogP contribution in [0.5, 0.6) is 17.2 Å². The molecule has 0 radical (unpaired) electrons. The highest BCUT2D eigenvalue weighted by Crippen LogP contribution is 2.37. The number of methoxy groups -OCH3 is 1. The number of rotatable bonds is 7. The van der Waals surface area contributed by atoms with Crippen LogP contribution in [-0.4, -0.2) is 19.0 Å². The van der Waals surface area contributed by atoms with E-state index in [1.165, 1.54) is 6.07 Å². The van der Waals surface area contributed by atoms with Gasteiger partial charge >= 0.3 is 11.9 Å². The molecule has 0 atom stereocenters. The lowest BCUT2D eigenvalue weighted by Gasteiger charge is -2.18. The highest BCUT2D eigenvalue weighted by molar-refractivity contribution is 6.00. The number of carbonyl (C=O) groups is 2. The summed E-state index contributed by atoms with van der Waals surface area (Å²) in [5, 5.41) is 0. The summed E-state index contributed by atoms with van der Waals surface area (Å²) in [4.78, 5) is 26.1. The van der Waals surface area contributed by atoms with Crippen LogP contribution in [0, 0.1) is 0 Å². The number of ether oxygens (including phenoxy) is 4. The van der Waals surface area contributed by atoms with Crippen molar-refractivity contribution in [1.29, 1.82) is 0 Å². The molecule has 184 valence electrons. The molecule has 37 heavy (non-hydrogen) atoms. The van der Waals surface area contributed by atoms with Crippen molar-refractivity contribution >= 4 is 24.1 Å². The highest BCUT2D eigenvalue weighted by Gasteiger charge is 2.24. The molecule has 6 nitrogen and oxygen atoms in total. The second-order valence-electron chi connectivity index (χ2n) is 8.37. The van der Waals surface area contributed by atoms with Crippen LogP contribution in [0.15, 0.2) is 91.0 Å². The van der Waals surface area contributed by atoms with Gasteiger partial charge in [-0.15, -0.1) is 0 Å². The molecule has 4 aromatic rings. The Labute approximate surface area is 214 Å². The van der Waals surface area contributed by atoms with Crippen LogP contribution in [0.1, 0.15) is 43.0 Å². The molecule has 0 saturated carbocycles. The highest BCUT2D eigenvalue weighted by atomic mass is 16.5. The molecule has 1 heterocycles. The molecule has 0 amide bonds. The minimum atomic E-state index is -0.566. The lowest BCUT2D eigenvalue weighted by atomic mass is 10.0. The molecule has 0 spiro atoms. The van der Waals surface area contributed by atoms with E-state index < -0.39 is 11.9 Å². The van der Waals surface area contributed by atoms with Gasteiger partial charge in [0.1, 0.15) is 30.5 Å². The van der Waals surface area contributed by atoms with Gasteiger partial charge in [-0.1, -0.05) is 66.7 Å². The second kappa shape index (κ2) is 10.8. The van der Waals surface area contributed by atoms with E-state index in [4.69, 9.17) is 18.9 Å². The summed E-state index contributed by atoms with van der Waals surface area (Å²) in [6, 6.07) is 27.3. The Morgan fingerprint density at radius 3 is 2.14 bits per heavy atom. The van der Waals surface area contributed by atoms with Gasteiger partial charge in [0.25, 0.3) is 0 Å². The minimum Gasteiger partial charge on any atom is -0.496 e. The van der Waals surface area contributed by atoms with Crippen LogP contribution >= 0.6 is 0 Å². The van der Waals surface area contributed by atoms with Crippen molar-refractivity contribution in [1.82, 2.24) is 0 Å². The van der Waals surface area contributed by atoms with Crippen molar-refractivity contribution in [3.05, 3.63) is 124 Å². The predicted octanol–water partition coefficient (Wildman–Crippen LogP) is 6.33. The number of benzene rings is 4. The van der Waals surface area contributed by atoms with Gasteiger partial charge in [0.05, 0.1) is 23.8 Å². The summed E-state index contributed by atoms with van der Waals surface area (Å²) in [6.45, 7) is 0.376. The van der Waals surface area contributed by atoms with Gasteiger partial charge in [0, 0.05) is 5.56 Å². The summed E-state index contributed by atoms with van der Waals surface area (Å²) in [5.74, 6) is 0.00746. The first kappa shape index (κ1) is 23.9. The summed E-state index contributed by atoms with van der Waals surface area (Å²) in [7, 11) is 1.54. The maximum Gasteiger partial charge on any atom is 0.344 e. The van der Waals surface area contributed by atoms with Crippen molar-refractivity contribution in [3.63, 3.8) is 0 Å². The quantitative estimate of drug-likeness (QED) is 0.222. The van der Waals surface area contributed by atoms with Crippen LogP contribution in [0.4, 0.5) is 0 Å². The van der Waals surface area contributed by atoms with Crippen molar-refractivity contribution in [3.8, 4) is 17.2 Å². The van der Waals surface area contributed by atoms with Gasteiger partial charge in [0.15, 0.2) is 0 Å². The zero-order valence-electron chi connectivity index (χ0n) is 20.2. The normalized spacial score (nSPS) is 12.7. The SMILES string of the molecule is COc1cccc2c1/C=C\c1c(OCc3ccccc3)cc(C(=O)OCc3ccccc3)cc1OC2=O. The first-order valence-electron chi connectivity index (χ1n) is 11.8. The number of hydrogen-bond acceptors (Lipinski definition) is 6. The smallest absolute Gasteiger partial charge is 0.344 e. The Hall–Kier alpha value is -4.84. The maximum atomic E-state index is 13.1. The van der Waals surface area contributed by atoms with Crippen molar-refractivity contribution in [2.45, 2.75) is 13.2 Å². The molecule has 5 rings (SSSR count). The van der Waals surface area contributed by atoms with Gasteiger partial charge in [-0.25, -0.2) is 9.59 Å². The maximum absolute atomic E-state index is 13.1. The van der Waals surface area contributed by atoms with Gasteiger partial charge < -0.3 is 18.9 Å². The molecule has 0 fully saturated rings. The number of esters is 2. The zero-order valence-corrected chi connectivity index (χ0v) is 20.2. The minimum absolute atomic E-state index is 0.115. The first-order valence-corrected chi connectivity index (χ1v) is 11.8. The Kier molecular flexibility index (Phi) is 6.99. The molecule has 0 unspecified atom stereocenters. The third-order valence-corrected chi connectivity index (χ3v) is 5.91. The largest absolute Gasteiger partial charge is 0.496 e. The molecule has 4 aromatic carbocycles. The molecule has 0 bridgehead atoms. The monoisotopic (exact) mass is 492 g/mol. The lowest BCUT2D eigenvalue weighted by Crippen LogP contribution is -2.14. The molecular formula is C31H24O6. The second-order valence-corrected chi connectivity index (χ2v) is 8.37. The summed E-state index contributed by atoms with van der Waals surface area (Å²) in [5.41, 5.74) is 3.51. The molecule has 1 aliphatic rings. The molecule has 0 aromatic heterocycles. The average Bonchev–Trinajstić information content (AvgIpc) is 2.94. The zero-order chi connectivity index (χ0) is 25.6. The first-order chi connectivity index (χ1) is 18.1. The fraction of sp³-hybridized carbons (Fsp3) is 0.0968. The molecule has 6 heteroatoms. The van der Waals surface area contributed by atoms with Crippen molar-refractivity contribution in [2.75, 3.05) is 7.11 Å². The number of fused-ring (bicyclic) bond motifs is 2. The van der Waals surface area contributed by atoms with E-state index in [1.54, 1.807) is 43.5 Å². The fourth-order valence-corrected chi connectivity index (χ4v) is 4.02. The van der Waals surface area contributed by atoms with E-state index in [1.807, 2.05) is 60.7 Å². The van der Waals surface area contributed by atoms with Gasteiger partial charge in [0.2, 0.25) is 0 Å². The average molecular weight is 493 g/mol. The number of hydrogen-bond donors (Lipinski definition) is 0. The van der Waals surface area contributed by atoms with Crippen LogP contribution in [0.3, 0.4) is 0 Å². The Bertz CT molecular complexity index is 1460. The third kappa shape index (κ3) is 5.38. The van der Waals surface area contributed by atoms with E-state index in [0.29, 0.717) is 28.2 Å². The third-order valence-electron chi connectivity index (χ3n) is 5.91. The standard InChI is InChI=1S/C31H24O6/c1-34-27-14-8-13-25-24(27)15-16-26-28(35-19-21-9-4-2-5-10-21)17-23(18-29(26)37-31(25)33)30(32)36-20-22-11-6-3-7-12-22/h2-18H,19-20H2,1H3/b16-15-. The Morgan fingerprint density at radius 2 is 1.43 bits per heavy atom. The van der Waals surface area contributed by atoms with E-state index in [2.05, 4.69) is 0 Å². The lowest BCUT2D eigenvalue weighted by molar-refractivity contribution is 0.0470. The van der Waals surface area contributed by atoms with E-state index in [0.717, 1.165) is 11.1 Å². The van der Waals surface area contributed by atoms with Crippen LogP contribution in [-0.2, 0) is 18.0 Å². The summed E-state index contributed by atoms with van der Waals surface area (Å²) >= 11 is 0.